The van der Waals surface area contributed by atoms with Crippen LogP contribution in [0.5, 0.6) is 5.75 Å². The molecule has 0 aliphatic carbocycles. The minimum absolute atomic E-state index is 0.0526. The van der Waals surface area contributed by atoms with E-state index in [-0.39, 0.29) is 24.5 Å². The highest BCUT2D eigenvalue weighted by Gasteiger charge is 2.35. The molecule has 4 rings (SSSR count). The number of halogens is 1. The fraction of sp³-hybridized carbons (Fsp3) is 0.316. The monoisotopic (exact) mass is 386 g/mol. The molecule has 3 heterocycles. The standard InChI is InChI=1S/C19H19FN4O4/c1-2-28-19(27)14-9-21-24-6-5-17(22-18(14)24)23-10-12(25)8-15(23)13-7-11(20)3-4-16(13)26/h3-7,9,12,15,25-26H,2,8,10H2,1H3/t12-,15?/m1/s1. The number of benzene rings is 1. The highest BCUT2D eigenvalue weighted by Crippen LogP contribution is 2.39. The Morgan fingerprint density at radius 2 is 2.21 bits per heavy atom. The molecule has 1 unspecified atom stereocenters. The maximum atomic E-state index is 13.7. The van der Waals surface area contributed by atoms with E-state index in [4.69, 9.17) is 4.74 Å². The first-order valence-corrected chi connectivity index (χ1v) is 8.92. The van der Waals surface area contributed by atoms with Crippen LogP contribution in [0.4, 0.5) is 10.2 Å². The summed E-state index contributed by atoms with van der Waals surface area (Å²) >= 11 is 0. The van der Waals surface area contributed by atoms with Crippen LogP contribution in [0.15, 0.2) is 36.7 Å². The number of aliphatic hydroxyl groups excluding tert-OH is 1. The minimum atomic E-state index is -0.667. The molecule has 0 radical (unpaired) electrons. The molecule has 2 aromatic heterocycles. The minimum Gasteiger partial charge on any atom is -0.508 e. The van der Waals surface area contributed by atoms with Gasteiger partial charge in [-0.25, -0.2) is 18.7 Å². The zero-order chi connectivity index (χ0) is 19.8. The molecule has 1 aliphatic heterocycles. The maximum Gasteiger partial charge on any atom is 0.343 e. The second-order valence-electron chi connectivity index (χ2n) is 6.59. The summed E-state index contributed by atoms with van der Waals surface area (Å²) < 4.78 is 20.2. The average Bonchev–Trinajstić information content (AvgIpc) is 3.26. The molecule has 1 fully saturated rings. The Bertz CT molecular complexity index is 1040. The Kier molecular flexibility index (Phi) is 4.60. The van der Waals surface area contributed by atoms with Crippen molar-refractivity contribution in [3.63, 3.8) is 0 Å². The number of carbonyl (C=O) groups is 1. The van der Waals surface area contributed by atoms with E-state index in [1.165, 1.54) is 28.9 Å². The average molecular weight is 386 g/mol. The van der Waals surface area contributed by atoms with Gasteiger partial charge >= 0.3 is 5.97 Å². The number of phenols is 1. The van der Waals surface area contributed by atoms with Gasteiger partial charge in [-0.1, -0.05) is 0 Å². The number of rotatable bonds is 4. The number of β-amino-alcohol motifs (C(OH)–C–C–N with tert-alkyl or cyclic N) is 1. The Morgan fingerprint density at radius 1 is 1.39 bits per heavy atom. The number of hydrogen-bond donors (Lipinski definition) is 2. The van der Waals surface area contributed by atoms with Gasteiger partial charge in [0.1, 0.15) is 22.9 Å². The van der Waals surface area contributed by atoms with Gasteiger partial charge in [0.25, 0.3) is 0 Å². The third kappa shape index (κ3) is 3.13. The number of phenolic OH excluding ortho intramolecular Hbond substituents is 1. The Morgan fingerprint density at radius 3 is 3.00 bits per heavy atom. The van der Waals surface area contributed by atoms with E-state index in [1.54, 1.807) is 24.1 Å². The van der Waals surface area contributed by atoms with Crippen molar-refractivity contribution in [2.45, 2.75) is 25.5 Å². The third-order valence-corrected chi connectivity index (χ3v) is 4.77. The van der Waals surface area contributed by atoms with Gasteiger partial charge in [0.15, 0.2) is 5.65 Å². The highest BCUT2D eigenvalue weighted by molar-refractivity contribution is 5.95. The van der Waals surface area contributed by atoms with Crippen molar-refractivity contribution < 1.29 is 24.1 Å². The SMILES string of the molecule is CCOC(=O)c1cnn2ccc(N3C[C@H](O)CC3c3cc(F)ccc3O)nc12. The van der Waals surface area contributed by atoms with Gasteiger partial charge in [0, 0.05) is 18.3 Å². The number of nitrogens with zero attached hydrogens (tertiary/aromatic N) is 4. The molecule has 1 aliphatic rings. The topological polar surface area (TPSA) is 100 Å². The molecular weight excluding hydrogens is 367 g/mol. The van der Waals surface area contributed by atoms with E-state index in [2.05, 4.69) is 10.1 Å². The molecule has 28 heavy (non-hydrogen) atoms. The van der Waals surface area contributed by atoms with Crippen LogP contribution in [0, 0.1) is 5.82 Å². The highest BCUT2D eigenvalue weighted by atomic mass is 19.1. The molecule has 1 saturated heterocycles. The van der Waals surface area contributed by atoms with Gasteiger partial charge in [0.05, 0.1) is 24.9 Å². The number of aliphatic hydroxyl groups is 1. The molecule has 0 spiro atoms. The second-order valence-corrected chi connectivity index (χ2v) is 6.59. The van der Waals surface area contributed by atoms with Crippen molar-refractivity contribution in [2.75, 3.05) is 18.1 Å². The van der Waals surface area contributed by atoms with E-state index < -0.39 is 23.9 Å². The van der Waals surface area contributed by atoms with Crippen molar-refractivity contribution in [1.29, 1.82) is 0 Å². The first-order chi connectivity index (χ1) is 13.5. The lowest BCUT2D eigenvalue weighted by Gasteiger charge is -2.26. The van der Waals surface area contributed by atoms with Gasteiger partial charge in [-0.3, -0.25) is 0 Å². The van der Waals surface area contributed by atoms with Gasteiger partial charge in [0.2, 0.25) is 0 Å². The summed E-state index contributed by atoms with van der Waals surface area (Å²) in [4.78, 5) is 18.4. The molecule has 8 nitrogen and oxygen atoms in total. The summed E-state index contributed by atoms with van der Waals surface area (Å²) in [6.07, 6.45) is 2.68. The number of aromatic hydroxyl groups is 1. The fourth-order valence-corrected chi connectivity index (χ4v) is 3.53. The molecule has 0 amide bonds. The summed E-state index contributed by atoms with van der Waals surface area (Å²) in [6.45, 7) is 2.20. The van der Waals surface area contributed by atoms with Crippen LogP contribution in [-0.4, -0.2) is 50.0 Å². The van der Waals surface area contributed by atoms with Gasteiger partial charge in [-0.05, 0) is 37.6 Å². The number of aromatic nitrogens is 3. The Labute approximate surface area is 159 Å². The molecule has 1 aromatic carbocycles. The Hall–Kier alpha value is -3.20. The predicted molar refractivity (Wildman–Crippen MR) is 97.7 cm³/mol. The predicted octanol–water partition coefficient (Wildman–Crippen LogP) is 2.06. The van der Waals surface area contributed by atoms with Crippen LogP contribution in [-0.2, 0) is 4.74 Å². The van der Waals surface area contributed by atoms with Crippen LogP contribution in [0.3, 0.4) is 0 Å². The molecule has 0 saturated carbocycles. The number of anilines is 1. The van der Waals surface area contributed by atoms with Crippen LogP contribution in [0.2, 0.25) is 0 Å². The molecule has 146 valence electrons. The van der Waals surface area contributed by atoms with Crippen molar-refractivity contribution in [3.8, 4) is 5.75 Å². The summed E-state index contributed by atoms with van der Waals surface area (Å²) in [5.74, 6) is -0.576. The summed E-state index contributed by atoms with van der Waals surface area (Å²) in [5.41, 5.74) is 0.922. The number of carbonyl (C=O) groups excluding carboxylic acids is 1. The second kappa shape index (κ2) is 7.08. The largest absolute Gasteiger partial charge is 0.508 e. The summed E-state index contributed by atoms with van der Waals surface area (Å²) in [6, 6.07) is 4.95. The maximum absolute atomic E-state index is 13.7. The zero-order valence-electron chi connectivity index (χ0n) is 15.1. The molecule has 2 N–H and O–H groups in total. The lowest BCUT2D eigenvalue weighted by atomic mass is 10.0. The zero-order valence-corrected chi connectivity index (χ0v) is 15.1. The number of fused-ring (bicyclic) bond motifs is 1. The van der Waals surface area contributed by atoms with Crippen molar-refractivity contribution in [3.05, 3.63) is 53.6 Å². The fourth-order valence-electron chi connectivity index (χ4n) is 3.53. The van der Waals surface area contributed by atoms with E-state index in [0.29, 0.717) is 23.4 Å². The van der Waals surface area contributed by atoms with Crippen LogP contribution in [0.1, 0.15) is 35.3 Å². The van der Waals surface area contributed by atoms with Gasteiger partial charge in [-0.15, -0.1) is 0 Å². The van der Waals surface area contributed by atoms with Crippen LogP contribution < -0.4 is 4.90 Å². The number of ether oxygens (including phenoxy) is 1. The molecule has 2 atom stereocenters. The molecule has 3 aromatic rings. The molecule has 0 bridgehead atoms. The lowest BCUT2D eigenvalue weighted by Crippen LogP contribution is -2.25. The smallest absolute Gasteiger partial charge is 0.343 e. The van der Waals surface area contributed by atoms with Crippen molar-refractivity contribution in [2.24, 2.45) is 0 Å². The van der Waals surface area contributed by atoms with Gasteiger partial charge in [-0.2, -0.15) is 5.10 Å². The number of hydrogen-bond acceptors (Lipinski definition) is 7. The molecule has 9 heteroatoms. The van der Waals surface area contributed by atoms with Crippen molar-refractivity contribution >= 4 is 17.4 Å². The third-order valence-electron chi connectivity index (χ3n) is 4.77. The first-order valence-electron chi connectivity index (χ1n) is 8.92. The quantitative estimate of drug-likeness (QED) is 0.662. The normalized spacial score (nSPS) is 19.3. The van der Waals surface area contributed by atoms with Crippen LogP contribution in [0.25, 0.3) is 5.65 Å². The van der Waals surface area contributed by atoms with E-state index in [0.717, 1.165) is 0 Å². The first kappa shape index (κ1) is 18.2. The van der Waals surface area contributed by atoms with Crippen LogP contribution >= 0.6 is 0 Å². The Balaban J connectivity index is 1.76. The van der Waals surface area contributed by atoms with E-state index in [1.807, 2.05) is 0 Å². The van der Waals surface area contributed by atoms with E-state index in [9.17, 15) is 19.4 Å². The van der Waals surface area contributed by atoms with Gasteiger partial charge < -0.3 is 19.8 Å². The molecular formula is C19H19FN4O4. The lowest BCUT2D eigenvalue weighted by molar-refractivity contribution is 0.0528. The van der Waals surface area contributed by atoms with Crippen molar-refractivity contribution in [1.82, 2.24) is 14.6 Å². The summed E-state index contributed by atoms with van der Waals surface area (Å²) in [7, 11) is 0. The number of esters is 1. The van der Waals surface area contributed by atoms with E-state index >= 15 is 0 Å². The summed E-state index contributed by atoms with van der Waals surface area (Å²) in [5, 5.41) is 24.5.